The average Bonchev–Trinajstić information content (AvgIpc) is 2.56. The van der Waals surface area contributed by atoms with Gasteiger partial charge >= 0.3 is 5.97 Å². The van der Waals surface area contributed by atoms with Crippen LogP contribution in [0.15, 0.2) is 0 Å². The molecule has 0 unspecified atom stereocenters. The largest absolute Gasteiger partial charge is 0.465 e. The summed E-state index contributed by atoms with van der Waals surface area (Å²) >= 11 is 0. The maximum Gasteiger partial charge on any atom is 0.305 e. The van der Waals surface area contributed by atoms with E-state index in [-0.39, 0.29) is 11.7 Å². The van der Waals surface area contributed by atoms with E-state index in [1.165, 1.54) is 44.9 Å². The van der Waals surface area contributed by atoms with Gasteiger partial charge in [-0.25, -0.2) is 0 Å². The predicted octanol–water partition coefficient (Wildman–Crippen LogP) is 4.19. The molecule has 7 heteroatoms. The van der Waals surface area contributed by atoms with Crippen LogP contribution in [0.25, 0.3) is 0 Å². The third-order valence-electron chi connectivity index (χ3n) is 4.82. The number of ether oxygens (including phenoxy) is 1. The van der Waals surface area contributed by atoms with Gasteiger partial charge in [-0.15, -0.1) is 0 Å². The summed E-state index contributed by atoms with van der Waals surface area (Å²) < 4.78 is 36.2. The number of nitrogens with zero attached hydrogens (tertiary/aromatic N) is 1. The Balaban J connectivity index is 3.54. The Bertz CT molecular complexity index is 477. The first kappa shape index (κ1) is 26.3. The van der Waals surface area contributed by atoms with E-state index < -0.39 is 10.1 Å². The van der Waals surface area contributed by atoms with Gasteiger partial charge in [-0.3, -0.25) is 9.35 Å². The van der Waals surface area contributed by atoms with Gasteiger partial charge < -0.3 is 9.22 Å². The van der Waals surface area contributed by atoms with Crippen LogP contribution >= 0.6 is 0 Å². The number of quaternary nitrogens is 1. The second-order valence-electron chi connectivity index (χ2n) is 8.17. The SMILES string of the molecule is CCCCCCCCCCCC(=O)OCCC[N+](C)(C)CCCS(=O)(=O)O. The van der Waals surface area contributed by atoms with E-state index in [0.29, 0.717) is 30.5 Å². The lowest BCUT2D eigenvalue weighted by Crippen LogP contribution is -2.42. The van der Waals surface area contributed by atoms with E-state index in [4.69, 9.17) is 9.29 Å². The van der Waals surface area contributed by atoms with E-state index in [1.807, 2.05) is 14.1 Å². The summed E-state index contributed by atoms with van der Waals surface area (Å²) in [4.78, 5) is 11.7. The summed E-state index contributed by atoms with van der Waals surface area (Å²) in [5, 5.41) is 0. The third-order valence-corrected chi connectivity index (χ3v) is 5.63. The molecule has 0 atom stereocenters. The van der Waals surface area contributed by atoms with Crippen LogP contribution in [-0.4, -0.2) is 63.0 Å². The van der Waals surface area contributed by atoms with E-state index in [9.17, 15) is 13.2 Å². The number of esters is 1. The molecule has 1 N–H and O–H groups in total. The van der Waals surface area contributed by atoms with Crippen LogP contribution in [0.2, 0.25) is 0 Å². The van der Waals surface area contributed by atoms with Crippen LogP contribution in [0.5, 0.6) is 0 Å². The maximum atomic E-state index is 11.7. The van der Waals surface area contributed by atoms with Gasteiger partial charge in [0.2, 0.25) is 0 Å². The van der Waals surface area contributed by atoms with Crippen molar-refractivity contribution in [3.05, 3.63) is 0 Å². The number of carbonyl (C=O) groups is 1. The van der Waals surface area contributed by atoms with Crippen LogP contribution in [-0.2, 0) is 19.6 Å². The Morgan fingerprint density at radius 2 is 1.37 bits per heavy atom. The van der Waals surface area contributed by atoms with E-state index in [0.717, 1.165) is 25.8 Å². The highest BCUT2D eigenvalue weighted by molar-refractivity contribution is 7.85. The summed E-state index contributed by atoms with van der Waals surface area (Å²) in [5.41, 5.74) is 0. The first-order chi connectivity index (χ1) is 12.7. The average molecular weight is 409 g/mol. The quantitative estimate of drug-likeness (QED) is 0.159. The highest BCUT2D eigenvalue weighted by atomic mass is 32.2. The minimum absolute atomic E-state index is 0.116. The van der Waals surface area contributed by atoms with Gasteiger partial charge in [0, 0.05) is 19.3 Å². The molecule has 0 rings (SSSR count). The zero-order valence-corrected chi connectivity index (χ0v) is 18.6. The van der Waals surface area contributed by atoms with Crippen LogP contribution in [0, 0.1) is 0 Å². The first-order valence-electron chi connectivity index (χ1n) is 10.6. The van der Waals surface area contributed by atoms with Crippen molar-refractivity contribution in [2.24, 2.45) is 0 Å². The molecule has 0 amide bonds. The molecule has 0 radical (unpaired) electrons. The Labute approximate surface area is 167 Å². The minimum Gasteiger partial charge on any atom is -0.465 e. The molecule has 0 spiro atoms. The van der Waals surface area contributed by atoms with Gasteiger partial charge in [-0.1, -0.05) is 58.3 Å². The van der Waals surface area contributed by atoms with E-state index >= 15 is 0 Å². The third kappa shape index (κ3) is 19.9. The zero-order valence-electron chi connectivity index (χ0n) is 17.7. The van der Waals surface area contributed by atoms with Crippen LogP contribution in [0.4, 0.5) is 0 Å². The maximum absolute atomic E-state index is 11.7. The Hall–Kier alpha value is -0.660. The van der Waals surface area contributed by atoms with Crippen molar-refractivity contribution in [3.8, 4) is 0 Å². The molecule has 0 saturated carbocycles. The highest BCUT2D eigenvalue weighted by Crippen LogP contribution is 2.11. The van der Waals surface area contributed by atoms with Crippen molar-refractivity contribution >= 4 is 16.1 Å². The molecule has 0 bridgehead atoms. The molecule has 0 heterocycles. The normalized spacial score (nSPS) is 12.3. The Kier molecular flexibility index (Phi) is 14.9. The lowest BCUT2D eigenvalue weighted by molar-refractivity contribution is -0.890. The van der Waals surface area contributed by atoms with Crippen molar-refractivity contribution in [1.29, 1.82) is 0 Å². The van der Waals surface area contributed by atoms with Crippen LogP contribution in [0.1, 0.15) is 84.0 Å². The van der Waals surface area contributed by atoms with Gasteiger partial charge in [-0.2, -0.15) is 8.42 Å². The number of hydrogen-bond donors (Lipinski definition) is 1. The lowest BCUT2D eigenvalue weighted by atomic mass is 10.1. The van der Waals surface area contributed by atoms with E-state index in [2.05, 4.69) is 6.92 Å². The van der Waals surface area contributed by atoms with Gasteiger partial charge in [-0.05, 0) is 6.42 Å². The molecule has 0 fully saturated rings. The molecule has 162 valence electrons. The van der Waals surface area contributed by atoms with Gasteiger partial charge in [0.05, 0.1) is 39.5 Å². The highest BCUT2D eigenvalue weighted by Gasteiger charge is 2.16. The Morgan fingerprint density at radius 1 is 0.852 bits per heavy atom. The second-order valence-corrected chi connectivity index (χ2v) is 9.75. The molecule has 0 aromatic carbocycles. The number of rotatable bonds is 18. The summed E-state index contributed by atoms with van der Waals surface area (Å²) in [6.07, 6.45) is 12.8. The van der Waals surface area contributed by atoms with Crippen molar-refractivity contribution in [3.63, 3.8) is 0 Å². The standard InChI is InChI=1S/C20H41NO5S/c1-4-5-6-7-8-9-10-11-12-15-20(22)26-18-13-16-21(2,3)17-14-19-27(23,24)25/h4-19H2,1-3H3/p+1. The molecule has 0 aliphatic heterocycles. The Morgan fingerprint density at radius 3 is 1.93 bits per heavy atom. The van der Waals surface area contributed by atoms with Crippen molar-refractivity contribution in [1.82, 2.24) is 0 Å². The molecule has 0 aromatic heterocycles. The molecule has 6 nitrogen and oxygen atoms in total. The molecule has 0 saturated heterocycles. The van der Waals surface area contributed by atoms with Crippen molar-refractivity contribution in [2.75, 3.05) is 39.5 Å². The van der Waals surface area contributed by atoms with Gasteiger partial charge in [0.25, 0.3) is 10.1 Å². The lowest BCUT2D eigenvalue weighted by Gasteiger charge is -2.29. The predicted molar refractivity (Wildman–Crippen MR) is 110 cm³/mol. The fourth-order valence-electron chi connectivity index (χ4n) is 3.12. The minimum atomic E-state index is -3.88. The molecule has 0 aliphatic carbocycles. The summed E-state index contributed by atoms with van der Waals surface area (Å²) in [6, 6.07) is 0. The van der Waals surface area contributed by atoms with Gasteiger partial charge in [0.15, 0.2) is 0 Å². The van der Waals surface area contributed by atoms with E-state index in [1.54, 1.807) is 0 Å². The molecule has 0 aliphatic rings. The monoisotopic (exact) mass is 408 g/mol. The number of carbonyl (C=O) groups excluding carboxylic acids is 1. The smallest absolute Gasteiger partial charge is 0.305 e. The molecular formula is C20H42NO5S+. The topological polar surface area (TPSA) is 80.7 Å². The fraction of sp³-hybridized carbons (Fsp3) is 0.950. The van der Waals surface area contributed by atoms with Crippen molar-refractivity contribution in [2.45, 2.75) is 84.0 Å². The zero-order chi connectivity index (χ0) is 20.6. The van der Waals surface area contributed by atoms with Crippen LogP contribution in [0.3, 0.4) is 0 Å². The van der Waals surface area contributed by atoms with Crippen LogP contribution < -0.4 is 0 Å². The summed E-state index contributed by atoms with van der Waals surface area (Å²) in [6.45, 7) is 4.10. The summed E-state index contributed by atoms with van der Waals surface area (Å²) in [5.74, 6) is -0.322. The van der Waals surface area contributed by atoms with Crippen molar-refractivity contribution < 1.29 is 27.0 Å². The fourth-order valence-corrected chi connectivity index (χ4v) is 3.61. The molecule has 0 aromatic rings. The number of unbranched alkanes of at least 4 members (excludes halogenated alkanes) is 8. The summed E-state index contributed by atoms with van der Waals surface area (Å²) in [7, 11) is 0.133. The first-order valence-corrected chi connectivity index (χ1v) is 12.2. The second kappa shape index (κ2) is 15.3. The molecular weight excluding hydrogens is 366 g/mol. The number of hydrogen-bond acceptors (Lipinski definition) is 4. The molecule has 27 heavy (non-hydrogen) atoms. The van der Waals surface area contributed by atoms with Gasteiger partial charge in [0.1, 0.15) is 0 Å².